The summed E-state index contributed by atoms with van der Waals surface area (Å²) in [6, 6.07) is 8.48. The minimum Gasteiger partial charge on any atom is -0.326 e. The van der Waals surface area contributed by atoms with E-state index in [1.165, 1.54) is 9.13 Å². The highest BCUT2D eigenvalue weighted by Gasteiger charge is 2.04. The summed E-state index contributed by atoms with van der Waals surface area (Å²) in [5, 5.41) is 4.34. The quantitative estimate of drug-likeness (QED) is 0.879. The molecule has 0 amide bonds. The summed E-state index contributed by atoms with van der Waals surface area (Å²) in [7, 11) is 0. The van der Waals surface area contributed by atoms with Crippen LogP contribution in [0.4, 0.5) is 0 Å². The van der Waals surface area contributed by atoms with E-state index in [2.05, 4.69) is 58.9 Å². The summed E-state index contributed by atoms with van der Waals surface area (Å²) in [6.07, 6.45) is 1.85. The van der Waals surface area contributed by atoms with Crippen molar-refractivity contribution in [2.24, 2.45) is 5.73 Å². The third kappa shape index (κ3) is 2.44. The number of nitrogens with two attached hydrogens (primary N) is 1. The maximum atomic E-state index is 5.62. The van der Waals surface area contributed by atoms with Crippen molar-refractivity contribution in [3.63, 3.8) is 0 Å². The molecule has 0 spiro atoms. The normalized spacial score (nSPS) is 10.7. The van der Waals surface area contributed by atoms with Crippen molar-refractivity contribution in [3.8, 4) is 0 Å². The number of benzene rings is 1. The zero-order valence-electron chi connectivity index (χ0n) is 9.15. The van der Waals surface area contributed by atoms with Gasteiger partial charge in [0.1, 0.15) is 0 Å². The second-order valence-electron chi connectivity index (χ2n) is 3.74. The van der Waals surface area contributed by atoms with Crippen LogP contribution in [0.15, 0.2) is 30.5 Å². The highest BCUT2D eigenvalue weighted by molar-refractivity contribution is 14.1. The molecule has 16 heavy (non-hydrogen) atoms. The van der Waals surface area contributed by atoms with E-state index in [1.807, 2.05) is 10.9 Å². The molecule has 1 aromatic heterocycles. The summed E-state index contributed by atoms with van der Waals surface area (Å²) in [6.45, 7) is 3.42. The Morgan fingerprint density at radius 1 is 1.31 bits per heavy atom. The standard InChI is InChI=1S/C12H14IN3/c1-9-11(6-14)7-15-16(9)8-10-2-4-12(13)5-3-10/h2-5,7H,6,8,14H2,1H3. The number of nitrogens with zero attached hydrogens (tertiary/aromatic N) is 2. The van der Waals surface area contributed by atoms with E-state index >= 15 is 0 Å². The Balaban J connectivity index is 2.20. The van der Waals surface area contributed by atoms with Gasteiger partial charge in [-0.25, -0.2) is 0 Å². The van der Waals surface area contributed by atoms with Gasteiger partial charge in [0.2, 0.25) is 0 Å². The lowest BCUT2D eigenvalue weighted by molar-refractivity contribution is 0.663. The molecule has 0 saturated carbocycles. The van der Waals surface area contributed by atoms with Gasteiger partial charge in [-0.2, -0.15) is 5.10 Å². The maximum absolute atomic E-state index is 5.62. The molecular weight excluding hydrogens is 313 g/mol. The van der Waals surface area contributed by atoms with Crippen molar-refractivity contribution in [1.82, 2.24) is 9.78 Å². The van der Waals surface area contributed by atoms with E-state index < -0.39 is 0 Å². The predicted octanol–water partition coefficient (Wildman–Crippen LogP) is 2.30. The Hall–Kier alpha value is -0.880. The molecule has 0 bridgehead atoms. The number of rotatable bonds is 3. The first-order valence-electron chi connectivity index (χ1n) is 5.16. The van der Waals surface area contributed by atoms with Crippen molar-refractivity contribution in [2.45, 2.75) is 20.0 Å². The van der Waals surface area contributed by atoms with Crippen LogP contribution in [-0.2, 0) is 13.1 Å². The highest BCUT2D eigenvalue weighted by Crippen LogP contribution is 2.11. The largest absolute Gasteiger partial charge is 0.326 e. The average Bonchev–Trinajstić information content (AvgIpc) is 2.63. The second kappa shape index (κ2) is 4.97. The molecule has 0 fully saturated rings. The van der Waals surface area contributed by atoms with Gasteiger partial charge in [0.15, 0.2) is 0 Å². The van der Waals surface area contributed by atoms with Crippen LogP contribution in [0, 0.1) is 10.5 Å². The number of aromatic nitrogens is 2. The zero-order chi connectivity index (χ0) is 11.5. The van der Waals surface area contributed by atoms with Crippen LogP contribution in [0.2, 0.25) is 0 Å². The van der Waals surface area contributed by atoms with Crippen LogP contribution < -0.4 is 5.73 Å². The monoisotopic (exact) mass is 327 g/mol. The van der Waals surface area contributed by atoms with Gasteiger partial charge in [-0.1, -0.05) is 12.1 Å². The van der Waals surface area contributed by atoms with Gasteiger partial charge < -0.3 is 5.73 Å². The Morgan fingerprint density at radius 3 is 2.56 bits per heavy atom. The van der Waals surface area contributed by atoms with Crippen molar-refractivity contribution in [1.29, 1.82) is 0 Å². The molecule has 0 aliphatic heterocycles. The molecule has 3 nitrogen and oxygen atoms in total. The van der Waals surface area contributed by atoms with Gasteiger partial charge in [-0.3, -0.25) is 4.68 Å². The van der Waals surface area contributed by atoms with Crippen molar-refractivity contribution >= 4 is 22.6 Å². The smallest absolute Gasteiger partial charge is 0.0662 e. The van der Waals surface area contributed by atoms with Crippen LogP contribution in [0.3, 0.4) is 0 Å². The lowest BCUT2D eigenvalue weighted by atomic mass is 10.2. The lowest BCUT2D eigenvalue weighted by Gasteiger charge is -2.05. The fourth-order valence-electron chi connectivity index (χ4n) is 1.61. The van der Waals surface area contributed by atoms with E-state index in [4.69, 9.17) is 5.73 Å². The first-order chi connectivity index (χ1) is 7.70. The van der Waals surface area contributed by atoms with Gasteiger partial charge in [0, 0.05) is 21.4 Å². The maximum Gasteiger partial charge on any atom is 0.0662 e. The minimum atomic E-state index is 0.554. The second-order valence-corrected chi connectivity index (χ2v) is 4.99. The topological polar surface area (TPSA) is 43.8 Å². The highest BCUT2D eigenvalue weighted by atomic mass is 127. The Kier molecular flexibility index (Phi) is 3.60. The molecular formula is C12H14IN3. The summed E-state index contributed by atoms with van der Waals surface area (Å²) < 4.78 is 3.24. The van der Waals surface area contributed by atoms with Gasteiger partial charge in [-0.05, 0) is 47.2 Å². The Labute approximate surface area is 109 Å². The molecule has 1 aromatic carbocycles. The summed E-state index contributed by atoms with van der Waals surface area (Å²) in [5.74, 6) is 0. The number of hydrogen-bond acceptors (Lipinski definition) is 2. The third-order valence-electron chi connectivity index (χ3n) is 2.67. The summed E-state index contributed by atoms with van der Waals surface area (Å²) in [5.41, 5.74) is 9.15. The first-order valence-corrected chi connectivity index (χ1v) is 6.24. The van der Waals surface area contributed by atoms with E-state index in [9.17, 15) is 0 Å². The van der Waals surface area contributed by atoms with Gasteiger partial charge in [-0.15, -0.1) is 0 Å². The van der Waals surface area contributed by atoms with Crippen molar-refractivity contribution in [2.75, 3.05) is 0 Å². The summed E-state index contributed by atoms with van der Waals surface area (Å²) in [4.78, 5) is 0. The van der Waals surface area contributed by atoms with Crippen LogP contribution >= 0.6 is 22.6 Å². The minimum absolute atomic E-state index is 0.554. The van der Waals surface area contributed by atoms with Crippen LogP contribution in [-0.4, -0.2) is 9.78 Å². The zero-order valence-corrected chi connectivity index (χ0v) is 11.3. The van der Waals surface area contributed by atoms with Crippen LogP contribution in [0.5, 0.6) is 0 Å². The number of hydrogen-bond donors (Lipinski definition) is 1. The molecule has 84 valence electrons. The molecule has 2 N–H and O–H groups in total. The lowest BCUT2D eigenvalue weighted by Crippen LogP contribution is -2.05. The summed E-state index contributed by atoms with van der Waals surface area (Å²) >= 11 is 2.31. The van der Waals surface area contributed by atoms with E-state index in [0.717, 1.165) is 17.8 Å². The fraction of sp³-hybridized carbons (Fsp3) is 0.250. The van der Waals surface area contributed by atoms with E-state index in [1.54, 1.807) is 0 Å². The van der Waals surface area contributed by atoms with Crippen molar-refractivity contribution < 1.29 is 0 Å². The third-order valence-corrected chi connectivity index (χ3v) is 3.39. The molecule has 0 aliphatic rings. The molecule has 0 unspecified atom stereocenters. The Morgan fingerprint density at radius 2 is 2.00 bits per heavy atom. The predicted molar refractivity (Wildman–Crippen MR) is 73.1 cm³/mol. The fourth-order valence-corrected chi connectivity index (χ4v) is 1.97. The molecule has 0 atom stereocenters. The molecule has 0 aliphatic carbocycles. The molecule has 4 heteroatoms. The van der Waals surface area contributed by atoms with Crippen LogP contribution in [0.25, 0.3) is 0 Å². The average molecular weight is 327 g/mol. The first kappa shape index (κ1) is 11.6. The van der Waals surface area contributed by atoms with E-state index in [-0.39, 0.29) is 0 Å². The SMILES string of the molecule is Cc1c(CN)cnn1Cc1ccc(I)cc1. The molecule has 0 radical (unpaired) electrons. The number of halogens is 1. The molecule has 2 rings (SSSR count). The van der Waals surface area contributed by atoms with Crippen LogP contribution in [0.1, 0.15) is 16.8 Å². The van der Waals surface area contributed by atoms with Gasteiger partial charge in [0.25, 0.3) is 0 Å². The molecule has 1 heterocycles. The Bertz CT molecular complexity index is 474. The molecule has 0 saturated heterocycles. The van der Waals surface area contributed by atoms with Gasteiger partial charge in [0.05, 0.1) is 12.7 Å². The van der Waals surface area contributed by atoms with Gasteiger partial charge >= 0.3 is 0 Å². The molecule has 2 aromatic rings. The van der Waals surface area contributed by atoms with Crippen molar-refractivity contribution in [3.05, 3.63) is 50.9 Å². The van der Waals surface area contributed by atoms with E-state index in [0.29, 0.717) is 6.54 Å².